The average molecular weight is 375 g/mol. The smallest absolute Gasteiger partial charge is 0.252 e. The highest BCUT2D eigenvalue weighted by Crippen LogP contribution is 2.22. The van der Waals surface area contributed by atoms with Gasteiger partial charge in [-0.2, -0.15) is 0 Å². The zero-order valence-electron chi connectivity index (χ0n) is 10.7. The van der Waals surface area contributed by atoms with E-state index in [1.165, 1.54) is 11.1 Å². The van der Waals surface area contributed by atoms with Gasteiger partial charge in [0, 0.05) is 24.7 Å². The molecule has 0 saturated heterocycles. The Morgan fingerprint density at radius 2 is 2.30 bits per heavy atom. The van der Waals surface area contributed by atoms with Gasteiger partial charge in [-0.1, -0.05) is 11.6 Å². The van der Waals surface area contributed by atoms with Crippen molar-refractivity contribution in [1.82, 2.24) is 10.3 Å². The Kier molecular flexibility index (Phi) is 5.39. The molecule has 2 aromatic rings. The van der Waals surface area contributed by atoms with Crippen LogP contribution in [0.5, 0.6) is 0 Å². The number of nitrogens with one attached hydrogen (secondary N) is 2. The maximum atomic E-state index is 12.0. The molecule has 4 nitrogen and oxygen atoms in total. The molecule has 2 aromatic heterocycles. The standard InChI is InChI=1S/C13H13BrClN3OS/c1-16-12-10(15)6-8(7-18-12)13(19)17-5-4-9-2-3-11(14)20-9/h2-3,6-7H,4-5H2,1H3,(H,16,18)(H,17,19). The lowest BCUT2D eigenvalue weighted by atomic mass is 10.2. The summed E-state index contributed by atoms with van der Waals surface area (Å²) in [6.07, 6.45) is 2.31. The van der Waals surface area contributed by atoms with Crippen LogP contribution in [-0.4, -0.2) is 24.5 Å². The Balaban J connectivity index is 1.90. The molecule has 0 radical (unpaired) electrons. The Labute approximate surface area is 134 Å². The third kappa shape index (κ3) is 3.94. The van der Waals surface area contributed by atoms with Crippen LogP contribution in [0.25, 0.3) is 0 Å². The third-order valence-corrected chi connectivity index (χ3v) is 4.60. The van der Waals surface area contributed by atoms with E-state index in [2.05, 4.69) is 31.5 Å². The van der Waals surface area contributed by atoms with Gasteiger partial charge in [-0.25, -0.2) is 4.98 Å². The van der Waals surface area contributed by atoms with Crippen molar-refractivity contribution in [2.75, 3.05) is 18.9 Å². The zero-order valence-corrected chi connectivity index (χ0v) is 13.9. The van der Waals surface area contributed by atoms with Gasteiger partial charge in [0.2, 0.25) is 0 Å². The molecule has 20 heavy (non-hydrogen) atoms. The molecule has 106 valence electrons. The molecule has 0 spiro atoms. The van der Waals surface area contributed by atoms with Gasteiger partial charge in [-0.3, -0.25) is 4.79 Å². The molecule has 2 N–H and O–H groups in total. The first kappa shape index (κ1) is 15.3. The number of nitrogens with zero attached hydrogens (tertiary/aromatic N) is 1. The molecule has 0 aromatic carbocycles. The first-order valence-corrected chi connectivity index (χ1v) is 7.94. The number of halogens is 2. The van der Waals surface area contributed by atoms with Crippen LogP contribution in [0, 0.1) is 0 Å². The van der Waals surface area contributed by atoms with Gasteiger partial charge in [0.1, 0.15) is 5.82 Å². The van der Waals surface area contributed by atoms with Crippen molar-refractivity contribution in [2.45, 2.75) is 6.42 Å². The summed E-state index contributed by atoms with van der Waals surface area (Å²) in [5.74, 6) is 0.393. The van der Waals surface area contributed by atoms with Gasteiger partial charge in [-0.05, 0) is 40.5 Å². The lowest BCUT2D eigenvalue weighted by molar-refractivity contribution is 0.0954. The fourth-order valence-electron chi connectivity index (χ4n) is 1.63. The molecule has 0 fully saturated rings. The van der Waals surface area contributed by atoms with Gasteiger partial charge < -0.3 is 10.6 Å². The summed E-state index contributed by atoms with van der Waals surface area (Å²) in [6, 6.07) is 5.65. The van der Waals surface area contributed by atoms with Crippen LogP contribution in [0.1, 0.15) is 15.2 Å². The fourth-order valence-corrected chi connectivity index (χ4v) is 3.38. The highest BCUT2D eigenvalue weighted by Gasteiger charge is 2.09. The van der Waals surface area contributed by atoms with Crippen molar-refractivity contribution in [1.29, 1.82) is 0 Å². The Bertz CT molecular complexity index is 617. The number of hydrogen-bond acceptors (Lipinski definition) is 4. The number of carbonyl (C=O) groups excluding carboxylic acids is 1. The summed E-state index contributed by atoms with van der Waals surface area (Å²) in [4.78, 5) is 17.3. The lowest BCUT2D eigenvalue weighted by Gasteiger charge is -2.06. The summed E-state index contributed by atoms with van der Waals surface area (Å²) < 4.78 is 1.09. The van der Waals surface area contributed by atoms with Crippen molar-refractivity contribution in [2.24, 2.45) is 0 Å². The molecule has 0 aliphatic rings. The van der Waals surface area contributed by atoms with Gasteiger partial charge in [0.05, 0.1) is 14.4 Å². The highest BCUT2D eigenvalue weighted by atomic mass is 79.9. The summed E-state index contributed by atoms with van der Waals surface area (Å²) in [5.41, 5.74) is 0.460. The summed E-state index contributed by atoms with van der Waals surface area (Å²) in [7, 11) is 1.73. The second kappa shape index (κ2) is 7.06. The van der Waals surface area contributed by atoms with E-state index in [1.54, 1.807) is 24.5 Å². The Morgan fingerprint density at radius 1 is 1.50 bits per heavy atom. The minimum absolute atomic E-state index is 0.169. The molecule has 0 bridgehead atoms. The zero-order chi connectivity index (χ0) is 14.5. The number of carbonyl (C=O) groups is 1. The second-order valence-electron chi connectivity index (χ2n) is 4.02. The van der Waals surface area contributed by atoms with E-state index in [0.29, 0.717) is 22.9 Å². The molecule has 0 saturated carbocycles. The quantitative estimate of drug-likeness (QED) is 0.841. The number of hydrogen-bond donors (Lipinski definition) is 2. The van der Waals surface area contributed by atoms with E-state index in [-0.39, 0.29) is 5.91 Å². The Hall–Kier alpha value is -1.11. The van der Waals surface area contributed by atoms with E-state index < -0.39 is 0 Å². The van der Waals surface area contributed by atoms with Gasteiger partial charge >= 0.3 is 0 Å². The molecular weight excluding hydrogens is 362 g/mol. The number of amides is 1. The van der Waals surface area contributed by atoms with E-state index in [1.807, 2.05) is 12.1 Å². The largest absolute Gasteiger partial charge is 0.372 e. The maximum absolute atomic E-state index is 12.0. The summed E-state index contributed by atoms with van der Waals surface area (Å²) >= 11 is 11.1. The number of aromatic nitrogens is 1. The topological polar surface area (TPSA) is 54.0 Å². The molecule has 0 aliphatic heterocycles. The van der Waals surface area contributed by atoms with E-state index in [0.717, 1.165) is 10.2 Å². The van der Waals surface area contributed by atoms with Crippen LogP contribution < -0.4 is 10.6 Å². The first-order chi connectivity index (χ1) is 9.60. The third-order valence-electron chi connectivity index (χ3n) is 2.63. The van der Waals surface area contributed by atoms with E-state index in [4.69, 9.17) is 11.6 Å². The molecule has 1 amide bonds. The van der Waals surface area contributed by atoms with Crippen molar-refractivity contribution in [3.63, 3.8) is 0 Å². The first-order valence-electron chi connectivity index (χ1n) is 5.96. The average Bonchev–Trinajstić information content (AvgIpc) is 2.84. The molecule has 7 heteroatoms. The van der Waals surface area contributed by atoms with Gasteiger partial charge in [0.15, 0.2) is 0 Å². The molecule has 0 aliphatic carbocycles. The van der Waals surface area contributed by atoms with E-state index >= 15 is 0 Å². The lowest BCUT2D eigenvalue weighted by Crippen LogP contribution is -2.25. The van der Waals surface area contributed by atoms with Crippen LogP contribution in [0.2, 0.25) is 5.02 Å². The maximum Gasteiger partial charge on any atom is 0.252 e. The Morgan fingerprint density at radius 3 is 2.90 bits per heavy atom. The van der Waals surface area contributed by atoms with Crippen LogP contribution in [-0.2, 0) is 6.42 Å². The number of thiophene rings is 1. The van der Waals surface area contributed by atoms with E-state index in [9.17, 15) is 4.79 Å². The predicted octanol–water partition coefficient (Wildman–Crippen LogP) is 3.57. The van der Waals surface area contributed by atoms with Crippen LogP contribution in [0.15, 0.2) is 28.2 Å². The minimum Gasteiger partial charge on any atom is -0.372 e. The second-order valence-corrected chi connectivity index (χ2v) is 6.97. The normalized spacial score (nSPS) is 10.3. The predicted molar refractivity (Wildman–Crippen MR) is 86.8 cm³/mol. The molecule has 2 rings (SSSR count). The summed E-state index contributed by atoms with van der Waals surface area (Å²) in [5, 5.41) is 6.14. The van der Waals surface area contributed by atoms with Crippen molar-refractivity contribution in [3.05, 3.63) is 43.6 Å². The number of pyridine rings is 1. The van der Waals surface area contributed by atoms with Gasteiger partial charge in [-0.15, -0.1) is 11.3 Å². The monoisotopic (exact) mass is 373 g/mol. The number of rotatable bonds is 5. The SMILES string of the molecule is CNc1ncc(C(=O)NCCc2ccc(Br)s2)cc1Cl. The van der Waals surface area contributed by atoms with Crippen LogP contribution in [0.4, 0.5) is 5.82 Å². The van der Waals surface area contributed by atoms with Crippen LogP contribution >= 0.6 is 38.9 Å². The fraction of sp³-hybridized carbons (Fsp3) is 0.231. The molecule has 0 atom stereocenters. The molecular formula is C13H13BrClN3OS. The molecule has 2 heterocycles. The molecule has 0 unspecified atom stereocenters. The van der Waals surface area contributed by atoms with Gasteiger partial charge in [0.25, 0.3) is 5.91 Å². The number of anilines is 1. The highest BCUT2D eigenvalue weighted by molar-refractivity contribution is 9.11. The van der Waals surface area contributed by atoms with Crippen molar-refractivity contribution in [3.8, 4) is 0 Å². The summed E-state index contributed by atoms with van der Waals surface area (Å²) in [6.45, 7) is 0.581. The van der Waals surface area contributed by atoms with Crippen molar-refractivity contribution < 1.29 is 4.79 Å². The van der Waals surface area contributed by atoms with Crippen LogP contribution in [0.3, 0.4) is 0 Å². The minimum atomic E-state index is -0.169. The van der Waals surface area contributed by atoms with Crippen molar-refractivity contribution >= 4 is 50.6 Å².